The Bertz CT molecular complexity index is 180. The average Bonchev–Trinajstić information content (AvgIpc) is 2.52. The molecular weight excluding hydrogens is 164 g/mol. The number of rotatable bonds is 3. The van der Waals surface area contributed by atoms with E-state index < -0.39 is 0 Å². The Hall–Kier alpha value is -0.570. The van der Waals surface area contributed by atoms with Gasteiger partial charge in [-0.1, -0.05) is 13.8 Å². The summed E-state index contributed by atoms with van der Waals surface area (Å²) >= 11 is 0. The number of carbonyl (C=O) groups is 1. The van der Waals surface area contributed by atoms with E-state index in [9.17, 15) is 4.79 Å². The van der Waals surface area contributed by atoms with E-state index in [1.807, 2.05) is 4.90 Å². The highest BCUT2D eigenvalue weighted by molar-refractivity contribution is 5.77. The van der Waals surface area contributed by atoms with Crippen molar-refractivity contribution in [3.8, 4) is 0 Å². The zero-order valence-corrected chi connectivity index (χ0v) is 8.62. The molecule has 0 unspecified atom stereocenters. The molecule has 1 fully saturated rings. The first-order valence-corrected chi connectivity index (χ1v) is 5.16. The molecule has 0 saturated carbocycles. The maximum absolute atomic E-state index is 11.6. The topological polar surface area (TPSA) is 46.3 Å². The lowest BCUT2D eigenvalue weighted by Crippen LogP contribution is -2.39. The predicted octanol–water partition coefficient (Wildman–Crippen LogP) is 0.982. The first-order chi connectivity index (χ1) is 6.16. The first kappa shape index (κ1) is 10.5. The monoisotopic (exact) mass is 184 g/mol. The van der Waals surface area contributed by atoms with E-state index in [-0.39, 0.29) is 5.91 Å². The molecule has 1 atom stereocenters. The zero-order chi connectivity index (χ0) is 9.84. The average molecular weight is 184 g/mol. The third-order valence-corrected chi connectivity index (χ3v) is 2.75. The first-order valence-electron chi connectivity index (χ1n) is 5.16. The van der Waals surface area contributed by atoms with Crippen LogP contribution in [0.1, 0.15) is 33.1 Å². The summed E-state index contributed by atoms with van der Waals surface area (Å²) in [7, 11) is 0. The van der Waals surface area contributed by atoms with Gasteiger partial charge in [0, 0.05) is 25.6 Å². The summed E-state index contributed by atoms with van der Waals surface area (Å²) in [4.78, 5) is 13.6. The molecule has 0 spiro atoms. The number of nitrogens with zero attached hydrogens (tertiary/aromatic N) is 1. The van der Waals surface area contributed by atoms with Crippen LogP contribution in [-0.2, 0) is 4.79 Å². The standard InChI is InChI=1S/C10H20N2O/c1-8(2)9-4-3-7-12(9)10(13)5-6-11/h8-9H,3-7,11H2,1-2H3/t9-/m1/s1. The van der Waals surface area contributed by atoms with Crippen LogP contribution in [-0.4, -0.2) is 29.9 Å². The third kappa shape index (κ3) is 2.44. The Morgan fingerprint density at radius 2 is 2.31 bits per heavy atom. The molecule has 1 heterocycles. The molecular formula is C10H20N2O. The van der Waals surface area contributed by atoms with Gasteiger partial charge < -0.3 is 10.6 Å². The van der Waals surface area contributed by atoms with Crippen LogP contribution < -0.4 is 5.73 Å². The highest BCUT2D eigenvalue weighted by atomic mass is 16.2. The van der Waals surface area contributed by atoms with Gasteiger partial charge in [0.1, 0.15) is 0 Å². The largest absolute Gasteiger partial charge is 0.339 e. The Balaban J connectivity index is 2.52. The van der Waals surface area contributed by atoms with E-state index in [4.69, 9.17) is 5.73 Å². The van der Waals surface area contributed by atoms with E-state index in [0.717, 1.165) is 19.4 Å². The van der Waals surface area contributed by atoms with Crippen molar-refractivity contribution in [2.24, 2.45) is 11.7 Å². The van der Waals surface area contributed by atoms with Gasteiger partial charge in [-0.25, -0.2) is 0 Å². The summed E-state index contributed by atoms with van der Waals surface area (Å²) in [5.74, 6) is 0.808. The Labute approximate surface area is 80.3 Å². The van der Waals surface area contributed by atoms with Crippen molar-refractivity contribution in [1.29, 1.82) is 0 Å². The fourth-order valence-electron chi connectivity index (χ4n) is 2.06. The fraction of sp³-hybridized carbons (Fsp3) is 0.900. The minimum absolute atomic E-state index is 0.235. The molecule has 0 bridgehead atoms. The van der Waals surface area contributed by atoms with E-state index in [1.165, 1.54) is 0 Å². The van der Waals surface area contributed by atoms with Crippen LogP contribution in [0.15, 0.2) is 0 Å². The second kappa shape index (κ2) is 4.61. The van der Waals surface area contributed by atoms with E-state index in [2.05, 4.69) is 13.8 Å². The quantitative estimate of drug-likeness (QED) is 0.710. The van der Waals surface area contributed by atoms with E-state index in [0.29, 0.717) is 24.9 Å². The minimum Gasteiger partial charge on any atom is -0.339 e. The van der Waals surface area contributed by atoms with Crippen LogP contribution in [0, 0.1) is 5.92 Å². The van der Waals surface area contributed by atoms with E-state index >= 15 is 0 Å². The summed E-state index contributed by atoms with van der Waals surface area (Å²) in [5, 5.41) is 0. The van der Waals surface area contributed by atoms with Crippen molar-refractivity contribution in [3.63, 3.8) is 0 Å². The Morgan fingerprint density at radius 3 is 2.85 bits per heavy atom. The lowest BCUT2D eigenvalue weighted by atomic mass is 10.0. The molecule has 1 amide bonds. The van der Waals surface area contributed by atoms with Gasteiger partial charge in [0.2, 0.25) is 5.91 Å². The van der Waals surface area contributed by atoms with Crippen LogP contribution in [0.3, 0.4) is 0 Å². The molecule has 1 saturated heterocycles. The Morgan fingerprint density at radius 1 is 1.62 bits per heavy atom. The number of likely N-dealkylation sites (tertiary alicyclic amines) is 1. The number of hydrogen-bond acceptors (Lipinski definition) is 2. The molecule has 3 heteroatoms. The van der Waals surface area contributed by atoms with Crippen molar-refractivity contribution in [3.05, 3.63) is 0 Å². The Kier molecular flexibility index (Phi) is 3.72. The second-order valence-corrected chi connectivity index (χ2v) is 4.08. The van der Waals surface area contributed by atoms with Crippen molar-refractivity contribution in [1.82, 2.24) is 4.90 Å². The maximum atomic E-state index is 11.6. The smallest absolute Gasteiger partial charge is 0.224 e. The van der Waals surface area contributed by atoms with Crippen molar-refractivity contribution < 1.29 is 4.79 Å². The van der Waals surface area contributed by atoms with Crippen LogP contribution in [0.4, 0.5) is 0 Å². The van der Waals surface area contributed by atoms with Crippen LogP contribution in [0.25, 0.3) is 0 Å². The summed E-state index contributed by atoms with van der Waals surface area (Å²) in [6.07, 6.45) is 2.82. The normalized spacial score (nSPS) is 22.8. The summed E-state index contributed by atoms with van der Waals surface area (Å²) < 4.78 is 0. The number of nitrogens with two attached hydrogens (primary N) is 1. The second-order valence-electron chi connectivity index (χ2n) is 4.08. The number of carbonyl (C=O) groups excluding carboxylic acids is 1. The molecule has 1 aliphatic heterocycles. The minimum atomic E-state index is 0.235. The maximum Gasteiger partial charge on any atom is 0.224 e. The molecule has 3 nitrogen and oxygen atoms in total. The predicted molar refractivity (Wildman–Crippen MR) is 53.2 cm³/mol. The van der Waals surface area contributed by atoms with Crippen LogP contribution >= 0.6 is 0 Å². The summed E-state index contributed by atoms with van der Waals surface area (Å²) in [6, 6.07) is 0.457. The number of amides is 1. The molecule has 0 aromatic carbocycles. The molecule has 0 aliphatic carbocycles. The van der Waals surface area contributed by atoms with Gasteiger partial charge in [0.05, 0.1) is 0 Å². The van der Waals surface area contributed by atoms with Crippen molar-refractivity contribution in [2.45, 2.75) is 39.2 Å². The summed E-state index contributed by atoms with van der Waals surface area (Å²) in [5.41, 5.74) is 5.37. The van der Waals surface area contributed by atoms with Crippen molar-refractivity contribution in [2.75, 3.05) is 13.1 Å². The van der Waals surface area contributed by atoms with Crippen LogP contribution in [0.2, 0.25) is 0 Å². The SMILES string of the molecule is CC(C)[C@H]1CCCN1C(=O)CCN. The van der Waals surface area contributed by atoms with Gasteiger partial charge in [-0.2, -0.15) is 0 Å². The fourth-order valence-corrected chi connectivity index (χ4v) is 2.06. The molecule has 76 valence electrons. The molecule has 0 aromatic heterocycles. The molecule has 1 aliphatic rings. The lowest BCUT2D eigenvalue weighted by Gasteiger charge is -2.27. The van der Waals surface area contributed by atoms with Gasteiger partial charge in [0.15, 0.2) is 0 Å². The highest BCUT2D eigenvalue weighted by Gasteiger charge is 2.29. The van der Waals surface area contributed by atoms with E-state index in [1.54, 1.807) is 0 Å². The van der Waals surface area contributed by atoms with Gasteiger partial charge in [-0.05, 0) is 18.8 Å². The summed E-state index contributed by atoms with van der Waals surface area (Å²) in [6.45, 7) is 5.76. The van der Waals surface area contributed by atoms with Crippen LogP contribution in [0.5, 0.6) is 0 Å². The third-order valence-electron chi connectivity index (χ3n) is 2.75. The van der Waals surface area contributed by atoms with Gasteiger partial charge in [-0.15, -0.1) is 0 Å². The molecule has 0 radical (unpaired) electrons. The molecule has 13 heavy (non-hydrogen) atoms. The zero-order valence-electron chi connectivity index (χ0n) is 8.62. The van der Waals surface area contributed by atoms with Gasteiger partial charge in [0.25, 0.3) is 0 Å². The molecule has 1 rings (SSSR count). The molecule has 2 N–H and O–H groups in total. The highest BCUT2D eigenvalue weighted by Crippen LogP contribution is 2.23. The lowest BCUT2D eigenvalue weighted by molar-refractivity contribution is -0.132. The number of hydrogen-bond donors (Lipinski definition) is 1. The molecule has 0 aromatic rings. The van der Waals surface area contributed by atoms with Gasteiger partial charge >= 0.3 is 0 Å². The van der Waals surface area contributed by atoms with Crippen molar-refractivity contribution >= 4 is 5.91 Å². The van der Waals surface area contributed by atoms with Gasteiger partial charge in [-0.3, -0.25) is 4.79 Å².